The molecule has 5 heteroatoms. The number of amides is 1. The Kier molecular flexibility index (Phi) is 4.48. The molecule has 4 nitrogen and oxygen atoms in total. The number of nitrogens with one attached hydrogen (secondary N) is 1. The Hall–Kier alpha value is -2.14. The maximum atomic E-state index is 12.8. The third-order valence-corrected chi connectivity index (χ3v) is 4.11. The van der Waals surface area contributed by atoms with Gasteiger partial charge in [0.25, 0.3) is 5.91 Å². The number of benzene rings is 1. The molecule has 3 aromatic rings. The first kappa shape index (κ1) is 15.7. The molecule has 0 aliphatic heterocycles. The van der Waals surface area contributed by atoms with E-state index in [1.165, 1.54) is 0 Å². The Morgan fingerprint density at radius 2 is 2.04 bits per heavy atom. The van der Waals surface area contributed by atoms with E-state index < -0.39 is 0 Å². The van der Waals surface area contributed by atoms with Crippen LogP contribution in [0, 0.1) is 6.92 Å². The molecule has 118 valence electrons. The summed E-state index contributed by atoms with van der Waals surface area (Å²) < 4.78 is 2.81. The zero-order valence-electron chi connectivity index (χ0n) is 13.1. The van der Waals surface area contributed by atoms with Crippen molar-refractivity contribution < 1.29 is 4.79 Å². The number of anilines is 1. The molecule has 3 rings (SSSR count). The minimum absolute atomic E-state index is 0.135. The second kappa shape index (κ2) is 6.54. The number of carbonyl (C=O) groups is 1. The molecule has 0 aliphatic rings. The monoisotopic (exact) mass is 371 g/mol. The van der Waals surface area contributed by atoms with Crippen molar-refractivity contribution >= 4 is 33.2 Å². The van der Waals surface area contributed by atoms with E-state index in [9.17, 15) is 4.79 Å². The topological polar surface area (TPSA) is 46.4 Å². The summed E-state index contributed by atoms with van der Waals surface area (Å²) in [5, 5.41) is 2.96. The number of imidazole rings is 1. The van der Waals surface area contributed by atoms with Crippen LogP contribution in [0.2, 0.25) is 0 Å². The molecule has 0 saturated carbocycles. The van der Waals surface area contributed by atoms with Gasteiger partial charge in [-0.25, -0.2) is 4.98 Å². The largest absolute Gasteiger partial charge is 0.321 e. The average Bonchev–Trinajstić information content (AvgIpc) is 2.87. The van der Waals surface area contributed by atoms with Gasteiger partial charge in [0.1, 0.15) is 11.3 Å². The minimum Gasteiger partial charge on any atom is -0.321 e. The number of rotatable bonds is 4. The van der Waals surface area contributed by atoms with Gasteiger partial charge >= 0.3 is 0 Å². The van der Waals surface area contributed by atoms with Gasteiger partial charge in [0, 0.05) is 16.4 Å². The molecule has 0 saturated heterocycles. The summed E-state index contributed by atoms with van der Waals surface area (Å²) in [6, 6.07) is 11.5. The van der Waals surface area contributed by atoms with E-state index in [0.29, 0.717) is 5.69 Å². The van der Waals surface area contributed by atoms with Crippen molar-refractivity contribution in [2.75, 3.05) is 5.32 Å². The number of hydrogen-bond donors (Lipinski definition) is 1. The molecule has 0 fully saturated rings. The van der Waals surface area contributed by atoms with Crippen LogP contribution in [0.25, 0.3) is 5.65 Å². The highest BCUT2D eigenvalue weighted by Crippen LogP contribution is 2.22. The lowest BCUT2D eigenvalue weighted by molar-refractivity contribution is 0.102. The summed E-state index contributed by atoms with van der Waals surface area (Å²) in [7, 11) is 0. The Labute approximate surface area is 143 Å². The van der Waals surface area contributed by atoms with Crippen molar-refractivity contribution in [3.63, 3.8) is 0 Å². The van der Waals surface area contributed by atoms with Crippen molar-refractivity contribution in [2.24, 2.45) is 0 Å². The van der Waals surface area contributed by atoms with Crippen LogP contribution in [0.15, 0.2) is 47.1 Å². The molecule has 0 bridgehead atoms. The predicted octanol–water partition coefficient (Wildman–Crippen LogP) is 4.61. The number of carbonyl (C=O) groups excluding carboxylic acids is 1. The number of nitrogens with zero attached hydrogens (tertiary/aromatic N) is 2. The number of aromatic nitrogens is 2. The second-order valence-corrected chi connectivity index (χ2v) is 6.43. The van der Waals surface area contributed by atoms with Crippen LogP contribution in [0.3, 0.4) is 0 Å². The van der Waals surface area contributed by atoms with Crippen molar-refractivity contribution in [1.82, 2.24) is 9.38 Å². The van der Waals surface area contributed by atoms with Gasteiger partial charge < -0.3 is 5.32 Å². The van der Waals surface area contributed by atoms with Crippen LogP contribution in [0.4, 0.5) is 5.69 Å². The summed E-state index contributed by atoms with van der Waals surface area (Å²) >= 11 is 3.50. The zero-order chi connectivity index (χ0) is 16.4. The molecule has 0 radical (unpaired) electrons. The predicted molar refractivity (Wildman–Crippen MR) is 96.0 cm³/mol. The van der Waals surface area contributed by atoms with E-state index in [1.807, 2.05) is 53.9 Å². The van der Waals surface area contributed by atoms with Gasteiger partial charge in [0.05, 0.1) is 5.69 Å². The van der Waals surface area contributed by atoms with Gasteiger partial charge in [-0.2, -0.15) is 0 Å². The lowest BCUT2D eigenvalue weighted by Gasteiger charge is -2.07. The van der Waals surface area contributed by atoms with Gasteiger partial charge in [-0.1, -0.05) is 31.5 Å². The number of aryl methyl sites for hydroxylation is 2. The van der Waals surface area contributed by atoms with Crippen LogP contribution in [0.5, 0.6) is 0 Å². The molecule has 23 heavy (non-hydrogen) atoms. The fraction of sp³-hybridized carbons (Fsp3) is 0.222. The van der Waals surface area contributed by atoms with Crippen LogP contribution in [0.1, 0.15) is 35.1 Å². The molecular weight excluding hydrogens is 354 g/mol. The lowest BCUT2D eigenvalue weighted by Crippen LogP contribution is -2.16. The normalized spacial score (nSPS) is 10.9. The second-order valence-electron chi connectivity index (χ2n) is 5.51. The van der Waals surface area contributed by atoms with Gasteiger partial charge in [0.15, 0.2) is 0 Å². The van der Waals surface area contributed by atoms with Crippen LogP contribution in [-0.2, 0) is 6.42 Å². The first-order valence-electron chi connectivity index (χ1n) is 7.63. The zero-order valence-corrected chi connectivity index (χ0v) is 14.7. The van der Waals surface area contributed by atoms with E-state index in [4.69, 9.17) is 0 Å². The molecule has 0 aliphatic carbocycles. The van der Waals surface area contributed by atoms with E-state index >= 15 is 0 Å². The third-order valence-electron chi connectivity index (χ3n) is 3.68. The minimum atomic E-state index is -0.135. The summed E-state index contributed by atoms with van der Waals surface area (Å²) in [6.07, 6.45) is 3.61. The van der Waals surface area contributed by atoms with Gasteiger partial charge in [-0.05, 0) is 53.0 Å². The van der Waals surface area contributed by atoms with Crippen molar-refractivity contribution in [1.29, 1.82) is 0 Å². The lowest BCUT2D eigenvalue weighted by atomic mass is 10.2. The fourth-order valence-electron chi connectivity index (χ4n) is 2.68. The van der Waals surface area contributed by atoms with E-state index in [1.54, 1.807) is 0 Å². The summed E-state index contributed by atoms with van der Waals surface area (Å²) in [6.45, 7) is 4.09. The van der Waals surface area contributed by atoms with E-state index in [-0.39, 0.29) is 5.91 Å². The highest BCUT2D eigenvalue weighted by atomic mass is 79.9. The fourth-order valence-corrected chi connectivity index (χ4v) is 3.23. The van der Waals surface area contributed by atoms with Crippen molar-refractivity contribution in [3.8, 4) is 0 Å². The molecule has 0 unspecified atom stereocenters. The molecule has 0 atom stereocenters. The number of hydrogen-bond acceptors (Lipinski definition) is 2. The standard InChI is InChI=1S/C18H18BrN3O/c1-3-7-15-16(18(23)20-14-8-5-4-6-9-14)22-11-13(19)10-12(2)17(22)21-15/h4-6,8-11H,3,7H2,1-2H3,(H,20,23). The Morgan fingerprint density at radius 1 is 1.30 bits per heavy atom. The SMILES string of the molecule is CCCc1nc2c(C)cc(Br)cn2c1C(=O)Nc1ccccc1. The Bertz CT molecular complexity index is 856. The number of pyridine rings is 1. The quantitative estimate of drug-likeness (QED) is 0.727. The average molecular weight is 372 g/mol. The van der Waals surface area contributed by atoms with Gasteiger partial charge in [-0.3, -0.25) is 9.20 Å². The maximum absolute atomic E-state index is 12.8. The molecule has 1 aromatic carbocycles. The highest BCUT2D eigenvalue weighted by Gasteiger charge is 2.20. The maximum Gasteiger partial charge on any atom is 0.274 e. The van der Waals surface area contributed by atoms with E-state index in [2.05, 4.69) is 33.2 Å². The first-order chi connectivity index (χ1) is 11.1. The molecule has 0 spiro atoms. The third kappa shape index (κ3) is 3.15. The van der Waals surface area contributed by atoms with Crippen molar-refractivity contribution in [2.45, 2.75) is 26.7 Å². The van der Waals surface area contributed by atoms with Gasteiger partial charge in [-0.15, -0.1) is 0 Å². The van der Waals surface area contributed by atoms with Crippen molar-refractivity contribution in [3.05, 3.63) is 64.0 Å². The van der Waals surface area contributed by atoms with Gasteiger partial charge in [0.2, 0.25) is 0 Å². The number of halogens is 1. The highest BCUT2D eigenvalue weighted by molar-refractivity contribution is 9.10. The van der Waals surface area contributed by atoms with Crippen LogP contribution < -0.4 is 5.32 Å². The number of para-hydroxylation sites is 1. The smallest absolute Gasteiger partial charge is 0.274 e. The molecular formula is C18H18BrN3O. The van der Waals surface area contributed by atoms with E-state index in [0.717, 1.165) is 39.9 Å². The molecule has 2 heterocycles. The molecule has 1 N–H and O–H groups in total. The molecule has 2 aromatic heterocycles. The summed E-state index contributed by atoms with van der Waals surface area (Å²) in [5.74, 6) is -0.135. The Balaban J connectivity index is 2.10. The first-order valence-corrected chi connectivity index (χ1v) is 8.43. The summed E-state index contributed by atoms with van der Waals surface area (Å²) in [4.78, 5) is 17.5. The number of fused-ring (bicyclic) bond motifs is 1. The van der Waals surface area contributed by atoms with Crippen LogP contribution in [-0.4, -0.2) is 15.3 Å². The molecule has 1 amide bonds. The Morgan fingerprint density at radius 3 is 2.74 bits per heavy atom. The van der Waals surface area contributed by atoms with Crippen LogP contribution >= 0.6 is 15.9 Å². The summed E-state index contributed by atoms with van der Waals surface area (Å²) in [5.41, 5.74) is 4.09.